The number of hydrogen-bond acceptors (Lipinski definition) is 3. The fraction of sp³-hybridized carbons (Fsp3) is 0.818. The van der Waals surface area contributed by atoms with Crippen molar-refractivity contribution in [1.82, 2.24) is 10.6 Å². The van der Waals surface area contributed by atoms with E-state index >= 15 is 0 Å². The van der Waals surface area contributed by atoms with Crippen LogP contribution in [0.15, 0.2) is 0 Å². The van der Waals surface area contributed by atoms with Gasteiger partial charge in [-0.05, 0) is 40.5 Å². The predicted octanol–water partition coefficient (Wildman–Crippen LogP) is 1.18. The molecule has 16 heavy (non-hydrogen) atoms. The summed E-state index contributed by atoms with van der Waals surface area (Å²) in [6, 6.07) is -0.282. The van der Waals surface area contributed by atoms with E-state index in [0.717, 1.165) is 6.42 Å². The highest BCUT2D eigenvalue weighted by atomic mass is 16.6. The lowest BCUT2D eigenvalue weighted by Crippen LogP contribution is -2.53. The molecule has 0 aliphatic carbocycles. The Hall–Kier alpha value is -1.26. The Balaban J connectivity index is 2.43. The second-order valence-electron chi connectivity index (χ2n) is 5.19. The zero-order chi connectivity index (χ0) is 12.3. The first kappa shape index (κ1) is 12.8. The van der Waals surface area contributed by atoms with Crippen molar-refractivity contribution in [2.45, 2.75) is 58.2 Å². The predicted molar refractivity (Wildman–Crippen MR) is 60.0 cm³/mol. The summed E-state index contributed by atoms with van der Waals surface area (Å²) in [5.74, 6) is -0.135. The van der Waals surface area contributed by atoms with Crippen LogP contribution in [0, 0.1) is 0 Å². The third-order valence-electron chi connectivity index (χ3n) is 2.28. The quantitative estimate of drug-likeness (QED) is 0.708. The van der Waals surface area contributed by atoms with Crippen LogP contribution >= 0.6 is 0 Å². The lowest BCUT2D eigenvalue weighted by atomic mass is 10.0. The molecule has 1 fully saturated rings. The average molecular weight is 228 g/mol. The third-order valence-corrected chi connectivity index (χ3v) is 2.28. The number of rotatable bonds is 1. The fourth-order valence-electron chi connectivity index (χ4n) is 1.55. The lowest BCUT2D eigenvalue weighted by Gasteiger charge is -2.28. The number of ether oxygens (including phenoxy) is 1. The van der Waals surface area contributed by atoms with Gasteiger partial charge >= 0.3 is 6.09 Å². The van der Waals surface area contributed by atoms with Crippen LogP contribution in [0.5, 0.6) is 0 Å². The van der Waals surface area contributed by atoms with E-state index in [9.17, 15) is 9.59 Å². The van der Waals surface area contributed by atoms with Gasteiger partial charge in [0.1, 0.15) is 11.6 Å². The van der Waals surface area contributed by atoms with Crippen LogP contribution in [-0.4, -0.2) is 29.7 Å². The molecule has 0 bridgehead atoms. The Morgan fingerprint density at radius 1 is 1.44 bits per heavy atom. The van der Waals surface area contributed by atoms with E-state index in [-0.39, 0.29) is 11.9 Å². The van der Waals surface area contributed by atoms with E-state index in [4.69, 9.17) is 4.74 Å². The van der Waals surface area contributed by atoms with Crippen molar-refractivity contribution in [3.05, 3.63) is 0 Å². The Labute approximate surface area is 95.9 Å². The molecular formula is C11H20N2O3. The van der Waals surface area contributed by atoms with E-state index in [1.54, 1.807) is 20.8 Å². The van der Waals surface area contributed by atoms with Gasteiger partial charge in [0.15, 0.2) is 0 Å². The smallest absolute Gasteiger partial charge is 0.408 e. The summed E-state index contributed by atoms with van der Waals surface area (Å²) in [4.78, 5) is 23.0. The van der Waals surface area contributed by atoms with Crippen LogP contribution in [0.25, 0.3) is 0 Å². The molecule has 1 rings (SSSR count). The summed E-state index contributed by atoms with van der Waals surface area (Å²) < 4.78 is 5.09. The van der Waals surface area contributed by atoms with Crippen molar-refractivity contribution in [2.75, 3.05) is 0 Å². The fourth-order valence-corrected chi connectivity index (χ4v) is 1.55. The topological polar surface area (TPSA) is 67.4 Å². The monoisotopic (exact) mass is 228 g/mol. The second-order valence-corrected chi connectivity index (χ2v) is 5.19. The lowest BCUT2D eigenvalue weighted by molar-refractivity contribution is -0.125. The molecule has 1 aliphatic rings. The molecule has 0 aromatic carbocycles. The maximum absolute atomic E-state index is 11.5. The van der Waals surface area contributed by atoms with Crippen LogP contribution in [0.3, 0.4) is 0 Å². The molecule has 0 aromatic heterocycles. The molecular weight excluding hydrogens is 208 g/mol. The maximum atomic E-state index is 11.5. The highest BCUT2D eigenvalue weighted by Gasteiger charge is 2.28. The Morgan fingerprint density at radius 3 is 2.56 bits per heavy atom. The number of amides is 2. The minimum absolute atomic E-state index is 0.135. The summed E-state index contributed by atoms with van der Waals surface area (Å²) in [5, 5.41) is 5.36. The summed E-state index contributed by atoms with van der Waals surface area (Å²) in [6.45, 7) is 7.31. The molecule has 0 saturated carbocycles. The molecule has 0 radical (unpaired) electrons. The van der Waals surface area contributed by atoms with Crippen LogP contribution in [-0.2, 0) is 9.53 Å². The van der Waals surface area contributed by atoms with Gasteiger partial charge in [-0.25, -0.2) is 4.79 Å². The van der Waals surface area contributed by atoms with Crippen molar-refractivity contribution in [2.24, 2.45) is 0 Å². The summed E-state index contributed by atoms with van der Waals surface area (Å²) >= 11 is 0. The van der Waals surface area contributed by atoms with Crippen LogP contribution in [0.1, 0.15) is 40.5 Å². The normalized spacial score (nSPS) is 25.9. The van der Waals surface area contributed by atoms with E-state index in [1.807, 2.05) is 6.92 Å². The second kappa shape index (κ2) is 4.72. The van der Waals surface area contributed by atoms with Gasteiger partial charge in [0.25, 0.3) is 0 Å². The highest BCUT2D eigenvalue weighted by Crippen LogP contribution is 2.11. The Kier molecular flexibility index (Phi) is 3.78. The molecule has 5 nitrogen and oxygen atoms in total. The molecule has 0 aromatic rings. The number of piperidine rings is 1. The van der Waals surface area contributed by atoms with Gasteiger partial charge < -0.3 is 15.4 Å². The van der Waals surface area contributed by atoms with Gasteiger partial charge in [-0.15, -0.1) is 0 Å². The van der Waals surface area contributed by atoms with E-state index < -0.39 is 17.7 Å². The maximum Gasteiger partial charge on any atom is 0.408 e. The van der Waals surface area contributed by atoms with Gasteiger partial charge in [-0.1, -0.05) is 0 Å². The minimum Gasteiger partial charge on any atom is -0.444 e. The van der Waals surface area contributed by atoms with Crippen LogP contribution in [0.2, 0.25) is 0 Å². The van der Waals surface area contributed by atoms with E-state index in [0.29, 0.717) is 6.42 Å². The summed E-state index contributed by atoms with van der Waals surface area (Å²) in [6.07, 6.45) is 0.987. The molecule has 2 N–H and O–H groups in total. The van der Waals surface area contributed by atoms with Crippen molar-refractivity contribution < 1.29 is 14.3 Å². The van der Waals surface area contributed by atoms with Crippen LogP contribution < -0.4 is 10.6 Å². The van der Waals surface area contributed by atoms with Gasteiger partial charge in [0.05, 0.1) is 0 Å². The number of carbonyl (C=O) groups excluding carboxylic acids is 2. The van der Waals surface area contributed by atoms with Gasteiger partial charge in [0.2, 0.25) is 5.91 Å². The minimum atomic E-state index is -0.540. The third kappa shape index (κ3) is 4.08. The molecule has 5 heteroatoms. The van der Waals surface area contributed by atoms with Crippen molar-refractivity contribution >= 4 is 12.0 Å². The van der Waals surface area contributed by atoms with Gasteiger partial charge in [0, 0.05) is 6.04 Å². The largest absolute Gasteiger partial charge is 0.444 e. The zero-order valence-electron chi connectivity index (χ0n) is 10.3. The summed E-state index contributed by atoms with van der Waals surface area (Å²) in [7, 11) is 0. The molecule has 92 valence electrons. The van der Waals surface area contributed by atoms with E-state index in [1.165, 1.54) is 0 Å². The molecule has 1 heterocycles. The average Bonchev–Trinajstić information content (AvgIpc) is 2.06. The first-order valence-electron chi connectivity index (χ1n) is 5.58. The van der Waals surface area contributed by atoms with Crippen molar-refractivity contribution in [1.29, 1.82) is 0 Å². The zero-order valence-corrected chi connectivity index (χ0v) is 10.3. The number of carbonyl (C=O) groups is 2. The number of nitrogens with one attached hydrogen (secondary N) is 2. The molecule has 1 aliphatic heterocycles. The number of hydrogen-bond donors (Lipinski definition) is 2. The SMILES string of the molecule is C[C@H]1CC[C@@H](NC(=O)OC(C)(C)C)C(=O)N1. The standard InChI is InChI=1S/C11H20N2O3/c1-7-5-6-8(9(14)12-7)13-10(15)16-11(2,3)4/h7-8H,5-6H2,1-4H3,(H,12,14)(H,13,15)/t7-,8+/m0/s1. The van der Waals surface area contributed by atoms with Crippen molar-refractivity contribution in [3.63, 3.8) is 0 Å². The Bertz CT molecular complexity index is 283. The first-order chi connectivity index (χ1) is 7.28. The summed E-state index contributed by atoms with van der Waals surface area (Å²) in [5.41, 5.74) is -0.539. The Morgan fingerprint density at radius 2 is 2.06 bits per heavy atom. The number of alkyl carbamates (subject to hydrolysis) is 1. The molecule has 2 atom stereocenters. The van der Waals surface area contributed by atoms with Gasteiger partial charge in [-0.2, -0.15) is 0 Å². The molecule has 0 unspecified atom stereocenters. The molecule has 1 saturated heterocycles. The van der Waals surface area contributed by atoms with Crippen LogP contribution in [0.4, 0.5) is 4.79 Å². The van der Waals surface area contributed by atoms with Gasteiger partial charge in [-0.3, -0.25) is 4.79 Å². The highest BCUT2D eigenvalue weighted by molar-refractivity contribution is 5.86. The molecule has 0 spiro atoms. The molecule has 2 amide bonds. The first-order valence-corrected chi connectivity index (χ1v) is 5.58. The van der Waals surface area contributed by atoms with E-state index in [2.05, 4.69) is 10.6 Å². The van der Waals surface area contributed by atoms with Crippen molar-refractivity contribution in [3.8, 4) is 0 Å².